The minimum atomic E-state index is 0.434. The van der Waals surface area contributed by atoms with Gasteiger partial charge in [0, 0.05) is 25.7 Å². The van der Waals surface area contributed by atoms with Gasteiger partial charge in [-0.2, -0.15) is 0 Å². The van der Waals surface area contributed by atoms with Crippen LogP contribution in [0.4, 0.5) is 0 Å². The Morgan fingerprint density at radius 1 is 0.905 bits per heavy atom. The Hall–Kier alpha value is -0.0800. The van der Waals surface area contributed by atoms with E-state index in [0.717, 1.165) is 29.6 Å². The smallest absolute Gasteiger partial charge is 0.0225 e. The summed E-state index contributed by atoms with van der Waals surface area (Å²) in [6, 6.07) is 0.434. The van der Waals surface area contributed by atoms with Crippen molar-refractivity contribution in [3.8, 4) is 0 Å². The van der Waals surface area contributed by atoms with E-state index in [9.17, 15) is 0 Å². The Kier molecular flexibility index (Phi) is 3.61. The first-order valence-electron chi connectivity index (χ1n) is 9.50. The van der Waals surface area contributed by atoms with E-state index in [1.54, 1.807) is 0 Å². The molecule has 2 heteroatoms. The van der Waals surface area contributed by atoms with E-state index < -0.39 is 0 Å². The molecule has 0 amide bonds. The number of rotatable bonds is 3. The Balaban J connectivity index is 1.44. The molecule has 4 aliphatic carbocycles. The summed E-state index contributed by atoms with van der Waals surface area (Å²) in [4.78, 5) is 2.70. The molecular formula is C19H34N2. The number of nitrogens with zero attached hydrogens (tertiary/aromatic N) is 1. The third-order valence-corrected chi connectivity index (χ3v) is 7.27. The highest BCUT2D eigenvalue weighted by Crippen LogP contribution is 2.61. The van der Waals surface area contributed by atoms with Gasteiger partial charge >= 0.3 is 0 Å². The number of hydrogen-bond donors (Lipinski definition) is 1. The summed E-state index contributed by atoms with van der Waals surface area (Å²) >= 11 is 0. The second-order valence-electron chi connectivity index (χ2n) is 9.55. The number of nitrogens with two attached hydrogens (primary N) is 1. The molecule has 3 unspecified atom stereocenters. The van der Waals surface area contributed by atoms with Gasteiger partial charge in [0.15, 0.2) is 0 Å². The molecule has 0 spiro atoms. The molecule has 0 aromatic heterocycles. The zero-order valence-electron chi connectivity index (χ0n) is 14.1. The van der Waals surface area contributed by atoms with E-state index >= 15 is 0 Å². The molecule has 4 bridgehead atoms. The topological polar surface area (TPSA) is 29.3 Å². The molecule has 4 saturated carbocycles. The fraction of sp³-hybridized carbons (Fsp3) is 1.00. The van der Waals surface area contributed by atoms with Crippen LogP contribution in [0.25, 0.3) is 0 Å². The lowest BCUT2D eigenvalue weighted by Crippen LogP contribution is -2.58. The molecule has 1 saturated heterocycles. The van der Waals surface area contributed by atoms with Gasteiger partial charge < -0.3 is 10.6 Å². The lowest BCUT2D eigenvalue weighted by Gasteiger charge is -2.59. The highest BCUT2D eigenvalue weighted by Gasteiger charge is 2.53. The summed E-state index contributed by atoms with van der Waals surface area (Å²) in [6.07, 6.45) is 10.4. The number of piperidine rings is 1. The third kappa shape index (κ3) is 2.67. The molecule has 0 radical (unpaired) electrons. The van der Waals surface area contributed by atoms with Crippen LogP contribution in [-0.4, -0.2) is 30.6 Å². The fourth-order valence-corrected chi connectivity index (χ4v) is 7.04. The predicted molar refractivity (Wildman–Crippen MR) is 88.0 cm³/mol. The Morgan fingerprint density at radius 3 is 1.86 bits per heavy atom. The highest BCUT2D eigenvalue weighted by atomic mass is 15.1. The van der Waals surface area contributed by atoms with Crippen LogP contribution in [0.15, 0.2) is 0 Å². The van der Waals surface area contributed by atoms with Gasteiger partial charge in [0.25, 0.3) is 0 Å². The van der Waals surface area contributed by atoms with E-state index in [4.69, 9.17) is 5.73 Å². The minimum absolute atomic E-state index is 0.434. The van der Waals surface area contributed by atoms with Crippen molar-refractivity contribution in [2.75, 3.05) is 19.6 Å². The van der Waals surface area contributed by atoms with Gasteiger partial charge in [0.05, 0.1) is 0 Å². The molecule has 2 N–H and O–H groups in total. The molecule has 3 atom stereocenters. The summed E-state index contributed by atoms with van der Waals surface area (Å²) in [7, 11) is 0. The van der Waals surface area contributed by atoms with Gasteiger partial charge in [-0.1, -0.05) is 13.8 Å². The van der Waals surface area contributed by atoms with Crippen LogP contribution in [0.3, 0.4) is 0 Å². The summed E-state index contributed by atoms with van der Waals surface area (Å²) in [5.74, 6) is 4.80. The van der Waals surface area contributed by atoms with Crippen LogP contribution >= 0.6 is 0 Å². The van der Waals surface area contributed by atoms with E-state index in [0.29, 0.717) is 11.5 Å². The molecule has 5 rings (SSSR count). The zero-order valence-corrected chi connectivity index (χ0v) is 14.1. The van der Waals surface area contributed by atoms with Crippen molar-refractivity contribution in [2.45, 2.75) is 64.8 Å². The second kappa shape index (κ2) is 5.23. The van der Waals surface area contributed by atoms with Crippen molar-refractivity contribution < 1.29 is 0 Å². The average Bonchev–Trinajstić information content (AvgIpc) is 2.35. The average molecular weight is 290 g/mol. The Labute approximate surface area is 130 Å². The Morgan fingerprint density at radius 2 is 1.38 bits per heavy atom. The van der Waals surface area contributed by atoms with Gasteiger partial charge in [-0.25, -0.2) is 0 Å². The van der Waals surface area contributed by atoms with E-state index in [-0.39, 0.29) is 0 Å². The Bertz CT molecular complexity index is 346. The summed E-state index contributed by atoms with van der Waals surface area (Å²) in [5, 5.41) is 0. The van der Waals surface area contributed by atoms with Crippen LogP contribution in [0.5, 0.6) is 0 Å². The van der Waals surface area contributed by atoms with Crippen molar-refractivity contribution >= 4 is 0 Å². The molecule has 21 heavy (non-hydrogen) atoms. The summed E-state index contributed by atoms with van der Waals surface area (Å²) < 4.78 is 0. The first-order chi connectivity index (χ1) is 10.0. The summed E-state index contributed by atoms with van der Waals surface area (Å²) in [6.45, 7) is 8.56. The first-order valence-corrected chi connectivity index (χ1v) is 9.50. The minimum Gasteiger partial charge on any atom is -0.326 e. The van der Waals surface area contributed by atoms with Crippen LogP contribution in [0.1, 0.15) is 58.8 Å². The molecule has 1 aliphatic heterocycles. The maximum absolute atomic E-state index is 6.85. The van der Waals surface area contributed by atoms with Gasteiger partial charge in [-0.05, 0) is 80.0 Å². The molecule has 0 aromatic rings. The largest absolute Gasteiger partial charge is 0.326 e. The van der Waals surface area contributed by atoms with Crippen molar-refractivity contribution in [3.05, 3.63) is 0 Å². The maximum atomic E-state index is 6.85. The van der Waals surface area contributed by atoms with Crippen molar-refractivity contribution in [3.63, 3.8) is 0 Å². The molecule has 120 valence electrons. The van der Waals surface area contributed by atoms with E-state index in [1.807, 2.05) is 0 Å². The predicted octanol–water partition coefficient (Wildman–Crippen LogP) is 3.51. The molecule has 5 aliphatic rings. The molecule has 5 fully saturated rings. The van der Waals surface area contributed by atoms with Crippen LogP contribution in [0.2, 0.25) is 0 Å². The lowest BCUT2D eigenvalue weighted by atomic mass is 9.48. The van der Waals surface area contributed by atoms with Gasteiger partial charge in [-0.3, -0.25) is 0 Å². The fourth-order valence-electron chi connectivity index (χ4n) is 7.04. The van der Waals surface area contributed by atoms with Gasteiger partial charge in [0.2, 0.25) is 0 Å². The van der Waals surface area contributed by atoms with Crippen molar-refractivity contribution in [2.24, 2.45) is 40.7 Å². The number of likely N-dealkylation sites (tertiary alicyclic amines) is 1. The third-order valence-electron chi connectivity index (χ3n) is 7.27. The second-order valence-corrected chi connectivity index (χ2v) is 9.55. The van der Waals surface area contributed by atoms with Gasteiger partial charge in [-0.15, -0.1) is 0 Å². The zero-order chi connectivity index (χ0) is 14.6. The van der Waals surface area contributed by atoms with Crippen LogP contribution < -0.4 is 5.73 Å². The van der Waals surface area contributed by atoms with E-state index in [1.165, 1.54) is 64.6 Å². The molecule has 0 aromatic carbocycles. The SMILES string of the molecule is CC1CC(C)CN(CC(N)C23CC4CC(CC(C4)C2)C3)C1. The maximum Gasteiger partial charge on any atom is 0.0225 e. The summed E-state index contributed by atoms with van der Waals surface area (Å²) in [5.41, 5.74) is 7.38. The van der Waals surface area contributed by atoms with Crippen LogP contribution in [-0.2, 0) is 0 Å². The van der Waals surface area contributed by atoms with Gasteiger partial charge in [0.1, 0.15) is 0 Å². The number of hydrogen-bond acceptors (Lipinski definition) is 2. The molecular weight excluding hydrogens is 256 g/mol. The normalized spacial score (nSPS) is 51.3. The molecule has 1 heterocycles. The lowest BCUT2D eigenvalue weighted by molar-refractivity contribution is -0.0734. The molecule has 2 nitrogen and oxygen atoms in total. The quantitative estimate of drug-likeness (QED) is 0.862. The van der Waals surface area contributed by atoms with Crippen molar-refractivity contribution in [1.82, 2.24) is 4.90 Å². The van der Waals surface area contributed by atoms with Crippen LogP contribution in [0, 0.1) is 35.0 Å². The monoisotopic (exact) mass is 290 g/mol. The van der Waals surface area contributed by atoms with Crippen molar-refractivity contribution in [1.29, 1.82) is 0 Å². The standard InChI is InChI=1S/C19H34N2/c1-13-3-14(2)11-21(10-13)12-18(20)19-7-15-4-16(8-19)6-17(5-15)9-19/h13-18H,3-12,20H2,1-2H3. The highest BCUT2D eigenvalue weighted by molar-refractivity contribution is 5.06. The first kappa shape index (κ1) is 14.5. The van der Waals surface area contributed by atoms with E-state index in [2.05, 4.69) is 18.7 Å².